The van der Waals surface area contributed by atoms with E-state index >= 15 is 0 Å². The number of benzene rings is 2. The molecule has 5 nitrogen and oxygen atoms in total. The van der Waals surface area contributed by atoms with Crippen LogP contribution in [-0.4, -0.2) is 18.0 Å². The largest absolute Gasteiger partial charge is 0.497 e. The summed E-state index contributed by atoms with van der Waals surface area (Å²) in [6.45, 7) is 3.94. The Hall–Kier alpha value is -3.08. The van der Waals surface area contributed by atoms with Crippen molar-refractivity contribution in [2.75, 3.05) is 12.4 Å². The van der Waals surface area contributed by atoms with E-state index in [0.717, 1.165) is 27.7 Å². The highest BCUT2D eigenvalue weighted by Gasteiger charge is 2.09. The minimum Gasteiger partial charge on any atom is -0.497 e. The van der Waals surface area contributed by atoms with Gasteiger partial charge in [0.1, 0.15) is 5.75 Å². The first-order valence-electron chi connectivity index (χ1n) is 8.53. The van der Waals surface area contributed by atoms with Gasteiger partial charge in [0.05, 0.1) is 12.6 Å². The third kappa shape index (κ3) is 3.94. The fourth-order valence-corrected chi connectivity index (χ4v) is 2.87. The molecule has 0 saturated heterocycles. The van der Waals surface area contributed by atoms with Crippen molar-refractivity contribution in [1.29, 1.82) is 0 Å². The molecule has 3 rings (SSSR count). The Morgan fingerprint density at radius 3 is 2.69 bits per heavy atom. The van der Waals surface area contributed by atoms with Crippen LogP contribution in [0.3, 0.4) is 0 Å². The van der Waals surface area contributed by atoms with E-state index in [1.165, 1.54) is 0 Å². The van der Waals surface area contributed by atoms with Crippen molar-refractivity contribution in [1.82, 2.24) is 4.98 Å². The van der Waals surface area contributed by atoms with Crippen LogP contribution in [0.5, 0.6) is 5.75 Å². The fraction of sp³-hybridized carbons (Fsp3) is 0.238. The number of ether oxygens (including phenoxy) is 1. The number of aryl methyl sites for hydroxylation is 3. The number of H-pyrrole nitrogens is 1. The highest BCUT2D eigenvalue weighted by Crippen LogP contribution is 2.19. The van der Waals surface area contributed by atoms with Gasteiger partial charge in [0.25, 0.3) is 5.56 Å². The lowest BCUT2D eigenvalue weighted by atomic mass is 10.1. The summed E-state index contributed by atoms with van der Waals surface area (Å²) in [4.78, 5) is 27.4. The molecular formula is C21H22N2O3. The van der Waals surface area contributed by atoms with E-state index in [1.807, 2.05) is 50.2 Å². The molecule has 0 bridgehead atoms. The molecule has 5 heteroatoms. The smallest absolute Gasteiger partial charge is 0.251 e. The third-order valence-corrected chi connectivity index (χ3v) is 4.42. The number of fused-ring (bicyclic) bond motifs is 1. The molecule has 1 aromatic heterocycles. The Morgan fingerprint density at radius 1 is 1.12 bits per heavy atom. The number of hydrogen-bond acceptors (Lipinski definition) is 3. The predicted octanol–water partition coefficient (Wildman–Crippen LogP) is 3.72. The first-order valence-corrected chi connectivity index (χ1v) is 8.53. The van der Waals surface area contributed by atoms with Gasteiger partial charge in [0.2, 0.25) is 5.91 Å². The highest BCUT2D eigenvalue weighted by molar-refractivity contribution is 5.91. The molecule has 0 saturated carbocycles. The molecule has 2 N–H and O–H groups in total. The van der Waals surface area contributed by atoms with Crippen molar-refractivity contribution < 1.29 is 9.53 Å². The zero-order chi connectivity index (χ0) is 18.7. The lowest BCUT2D eigenvalue weighted by Crippen LogP contribution is -2.17. The van der Waals surface area contributed by atoms with E-state index in [1.54, 1.807) is 13.2 Å². The maximum absolute atomic E-state index is 12.3. The summed E-state index contributed by atoms with van der Waals surface area (Å²) < 4.78 is 5.17. The molecule has 0 radical (unpaired) electrons. The van der Waals surface area contributed by atoms with Crippen molar-refractivity contribution in [3.8, 4) is 5.75 Å². The molecule has 0 aliphatic heterocycles. The number of aromatic amines is 1. The van der Waals surface area contributed by atoms with Gasteiger partial charge >= 0.3 is 0 Å². The molecule has 0 fully saturated rings. The van der Waals surface area contributed by atoms with Crippen LogP contribution in [0.4, 0.5) is 5.69 Å². The maximum atomic E-state index is 12.3. The van der Waals surface area contributed by atoms with E-state index in [9.17, 15) is 9.59 Å². The summed E-state index contributed by atoms with van der Waals surface area (Å²) in [5.74, 6) is 0.585. The van der Waals surface area contributed by atoms with Gasteiger partial charge in [-0.1, -0.05) is 12.1 Å². The first-order chi connectivity index (χ1) is 12.5. The van der Waals surface area contributed by atoms with Gasteiger partial charge in [0, 0.05) is 23.7 Å². The summed E-state index contributed by atoms with van der Waals surface area (Å²) in [6, 6.07) is 13.3. The summed E-state index contributed by atoms with van der Waals surface area (Å²) >= 11 is 0. The number of hydrogen-bond donors (Lipinski definition) is 2. The molecule has 0 spiro atoms. The van der Waals surface area contributed by atoms with E-state index in [4.69, 9.17) is 4.74 Å². The lowest BCUT2D eigenvalue weighted by Gasteiger charge is -2.09. The number of amides is 1. The number of aromatic nitrogens is 1. The van der Waals surface area contributed by atoms with Crippen molar-refractivity contribution in [3.05, 3.63) is 69.5 Å². The predicted molar refractivity (Wildman–Crippen MR) is 104 cm³/mol. The van der Waals surface area contributed by atoms with Gasteiger partial charge in [-0.25, -0.2) is 0 Å². The summed E-state index contributed by atoms with van der Waals surface area (Å²) in [7, 11) is 1.59. The number of methoxy groups -OCH3 is 1. The minimum absolute atomic E-state index is 0.104. The van der Waals surface area contributed by atoms with Crippen LogP contribution in [0.2, 0.25) is 0 Å². The fourth-order valence-electron chi connectivity index (χ4n) is 2.87. The molecule has 0 unspecified atom stereocenters. The van der Waals surface area contributed by atoms with Crippen molar-refractivity contribution in [2.45, 2.75) is 26.7 Å². The van der Waals surface area contributed by atoms with Crippen molar-refractivity contribution in [3.63, 3.8) is 0 Å². The molecule has 134 valence electrons. The molecule has 0 atom stereocenters. The second-order valence-electron chi connectivity index (χ2n) is 6.44. The standard InChI is InChI=1S/C21H22N2O3/c1-13-4-5-14(2)18(10-13)22-20(24)9-7-16-11-15-6-8-17(26-3)12-19(15)23-21(16)25/h4-6,8,10-12H,7,9H2,1-3H3,(H,22,24)(H,23,25). The number of nitrogens with one attached hydrogen (secondary N) is 2. The second kappa shape index (κ2) is 7.44. The van der Waals surface area contributed by atoms with E-state index in [2.05, 4.69) is 10.3 Å². The Bertz CT molecular complexity index is 1020. The quantitative estimate of drug-likeness (QED) is 0.737. The van der Waals surface area contributed by atoms with Crippen molar-refractivity contribution >= 4 is 22.5 Å². The van der Waals surface area contributed by atoms with Crippen molar-refractivity contribution in [2.24, 2.45) is 0 Å². The average molecular weight is 350 g/mol. The van der Waals surface area contributed by atoms with Gasteiger partial charge in [-0.15, -0.1) is 0 Å². The number of pyridine rings is 1. The Kier molecular flexibility index (Phi) is 5.07. The van der Waals surface area contributed by atoms with Gasteiger partial charge < -0.3 is 15.0 Å². The third-order valence-electron chi connectivity index (χ3n) is 4.42. The van der Waals surface area contributed by atoms with Crippen LogP contribution in [-0.2, 0) is 11.2 Å². The molecule has 0 aliphatic carbocycles. The van der Waals surface area contributed by atoms with Crippen LogP contribution in [0.1, 0.15) is 23.1 Å². The molecule has 0 aliphatic rings. The molecule has 1 heterocycles. The number of anilines is 1. The van der Waals surface area contributed by atoms with Crippen LogP contribution >= 0.6 is 0 Å². The van der Waals surface area contributed by atoms with E-state index in [-0.39, 0.29) is 17.9 Å². The molecular weight excluding hydrogens is 328 g/mol. The lowest BCUT2D eigenvalue weighted by molar-refractivity contribution is -0.116. The zero-order valence-corrected chi connectivity index (χ0v) is 15.2. The minimum atomic E-state index is -0.176. The van der Waals surface area contributed by atoms with Gasteiger partial charge in [0.15, 0.2) is 0 Å². The Labute approximate surface area is 152 Å². The molecule has 3 aromatic rings. The van der Waals surface area contributed by atoms with E-state index in [0.29, 0.717) is 17.7 Å². The first kappa shape index (κ1) is 17.7. The van der Waals surface area contributed by atoms with Crippen LogP contribution in [0.15, 0.2) is 47.3 Å². The number of carbonyl (C=O) groups is 1. The van der Waals surface area contributed by atoms with Crippen LogP contribution in [0.25, 0.3) is 10.9 Å². The van der Waals surface area contributed by atoms with Crippen LogP contribution < -0.4 is 15.6 Å². The van der Waals surface area contributed by atoms with Gasteiger partial charge in [-0.05, 0) is 61.0 Å². The summed E-state index contributed by atoms with van der Waals surface area (Å²) in [6.07, 6.45) is 0.631. The second-order valence-corrected chi connectivity index (χ2v) is 6.44. The summed E-state index contributed by atoms with van der Waals surface area (Å²) in [5, 5.41) is 3.84. The summed E-state index contributed by atoms with van der Waals surface area (Å²) in [5.41, 5.74) is 4.06. The Balaban J connectivity index is 1.72. The topological polar surface area (TPSA) is 71.2 Å². The van der Waals surface area contributed by atoms with Crippen LogP contribution in [0, 0.1) is 13.8 Å². The normalized spacial score (nSPS) is 10.7. The van der Waals surface area contributed by atoms with Gasteiger partial charge in [-0.3, -0.25) is 9.59 Å². The zero-order valence-electron chi connectivity index (χ0n) is 15.2. The monoisotopic (exact) mass is 350 g/mol. The SMILES string of the molecule is COc1ccc2cc(CCC(=O)Nc3cc(C)ccc3C)c(=O)[nH]c2c1. The number of rotatable bonds is 5. The van der Waals surface area contributed by atoms with E-state index < -0.39 is 0 Å². The number of carbonyl (C=O) groups excluding carboxylic acids is 1. The maximum Gasteiger partial charge on any atom is 0.251 e. The van der Waals surface area contributed by atoms with Gasteiger partial charge in [-0.2, -0.15) is 0 Å². The average Bonchev–Trinajstić information content (AvgIpc) is 2.62. The molecule has 2 aromatic carbocycles. The molecule has 26 heavy (non-hydrogen) atoms. The highest BCUT2D eigenvalue weighted by atomic mass is 16.5. The Morgan fingerprint density at radius 2 is 1.92 bits per heavy atom. The molecule has 1 amide bonds.